The lowest BCUT2D eigenvalue weighted by Crippen LogP contribution is -2.17. The van der Waals surface area contributed by atoms with Crippen molar-refractivity contribution in [1.82, 2.24) is 19.6 Å². The molecule has 0 spiro atoms. The Balaban J connectivity index is 1.65. The topological polar surface area (TPSA) is 75.1 Å². The van der Waals surface area contributed by atoms with E-state index in [1.165, 1.54) is 27.8 Å². The maximum absolute atomic E-state index is 13.8. The van der Waals surface area contributed by atoms with Gasteiger partial charge in [0.15, 0.2) is 5.82 Å². The second-order valence-electron chi connectivity index (χ2n) is 7.55. The van der Waals surface area contributed by atoms with E-state index in [9.17, 15) is 9.18 Å². The Bertz CT molecular complexity index is 1260. The predicted octanol–water partition coefficient (Wildman–Crippen LogP) is 4.52. The first kappa shape index (κ1) is 19.8. The fourth-order valence-corrected chi connectivity index (χ4v) is 3.56. The molecule has 7 heteroatoms. The zero-order valence-corrected chi connectivity index (χ0v) is 17.2. The second kappa shape index (κ2) is 8.10. The van der Waals surface area contributed by atoms with Crippen LogP contribution in [0.1, 0.15) is 43.5 Å². The van der Waals surface area contributed by atoms with E-state index in [1.807, 2.05) is 6.07 Å². The zero-order chi connectivity index (χ0) is 21.3. The molecule has 2 N–H and O–H groups in total. The number of fused-ring (bicyclic) bond motifs is 1. The van der Waals surface area contributed by atoms with Crippen molar-refractivity contribution in [2.75, 3.05) is 5.32 Å². The number of aryl methyl sites for hydroxylation is 1. The number of aromatic amines is 1. The van der Waals surface area contributed by atoms with Crippen molar-refractivity contribution in [3.05, 3.63) is 81.5 Å². The van der Waals surface area contributed by atoms with Crippen LogP contribution >= 0.6 is 0 Å². The number of halogens is 1. The molecule has 0 aliphatic rings. The van der Waals surface area contributed by atoms with Crippen molar-refractivity contribution in [1.29, 1.82) is 0 Å². The largest absolute Gasteiger partial charge is 0.377 e. The Labute approximate surface area is 173 Å². The summed E-state index contributed by atoms with van der Waals surface area (Å²) in [6, 6.07) is 14.0. The van der Waals surface area contributed by atoms with E-state index >= 15 is 0 Å². The summed E-state index contributed by atoms with van der Waals surface area (Å²) in [5.74, 6) is 0.963. The van der Waals surface area contributed by atoms with Gasteiger partial charge in [-0.25, -0.2) is 9.37 Å². The van der Waals surface area contributed by atoms with Crippen LogP contribution in [0, 0.1) is 5.82 Å². The Morgan fingerprint density at radius 2 is 1.93 bits per heavy atom. The van der Waals surface area contributed by atoms with Crippen LogP contribution in [0.2, 0.25) is 0 Å². The molecule has 154 valence electrons. The summed E-state index contributed by atoms with van der Waals surface area (Å²) in [7, 11) is 0. The monoisotopic (exact) mass is 405 g/mol. The van der Waals surface area contributed by atoms with Gasteiger partial charge >= 0.3 is 0 Å². The third-order valence-electron chi connectivity index (χ3n) is 5.14. The maximum Gasteiger partial charge on any atom is 0.274 e. The van der Waals surface area contributed by atoms with Crippen LogP contribution in [0.25, 0.3) is 17.2 Å². The van der Waals surface area contributed by atoms with E-state index < -0.39 is 0 Å². The van der Waals surface area contributed by atoms with Crippen molar-refractivity contribution >= 4 is 11.5 Å². The first-order chi connectivity index (χ1) is 14.5. The molecule has 4 aromatic rings. The normalized spacial score (nSPS) is 11.4. The fraction of sp³-hybridized carbons (Fsp3) is 0.261. The van der Waals surface area contributed by atoms with E-state index in [4.69, 9.17) is 0 Å². The van der Waals surface area contributed by atoms with Gasteiger partial charge in [0.25, 0.3) is 11.3 Å². The Hall–Kier alpha value is -3.48. The van der Waals surface area contributed by atoms with Gasteiger partial charge in [-0.1, -0.05) is 45.0 Å². The summed E-state index contributed by atoms with van der Waals surface area (Å²) in [5.41, 5.74) is 4.07. The standard InChI is InChI=1S/C23H24FN5O/c1-4-15-11-16(9-10-18(15)14(2)3)22-27-23-26-17(12-21(30)29(23)28-22)13-25-20-8-6-5-7-19(20)24/h5-12,14,25H,4,13H2,1-3H3,(H,26,27,28). The number of nitrogens with one attached hydrogen (secondary N) is 2. The first-order valence-electron chi connectivity index (χ1n) is 10.1. The molecule has 0 amide bonds. The van der Waals surface area contributed by atoms with Gasteiger partial charge in [-0.05, 0) is 41.7 Å². The van der Waals surface area contributed by atoms with Gasteiger partial charge in [0.05, 0.1) is 17.9 Å². The number of para-hydroxylation sites is 1. The number of H-pyrrole nitrogens is 1. The summed E-state index contributed by atoms with van der Waals surface area (Å²) >= 11 is 0. The van der Waals surface area contributed by atoms with Crippen LogP contribution in [0.5, 0.6) is 0 Å². The molecule has 0 fully saturated rings. The highest BCUT2D eigenvalue weighted by Gasteiger charge is 2.13. The van der Waals surface area contributed by atoms with E-state index in [0.29, 0.717) is 23.1 Å². The molecule has 0 saturated heterocycles. The van der Waals surface area contributed by atoms with Crippen molar-refractivity contribution in [2.45, 2.75) is 39.7 Å². The lowest BCUT2D eigenvalue weighted by atomic mass is 9.94. The highest BCUT2D eigenvalue weighted by molar-refractivity contribution is 5.59. The van der Waals surface area contributed by atoms with Crippen molar-refractivity contribution < 1.29 is 4.39 Å². The van der Waals surface area contributed by atoms with Crippen LogP contribution in [0.15, 0.2) is 53.3 Å². The SMILES string of the molecule is CCc1cc(-c2nc3nc(CNc4ccccc4F)cc(=O)n3[nH]2)ccc1C(C)C. The lowest BCUT2D eigenvalue weighted by Gasteiger charge is -2.12. The van der Waals surface area contributed by atoms with Crippen molar-refractivity contribution in [2.24, 2.45) is 0 Å². The molecule has 0 radical (unpaired) electrons. The molecule has 0 saturated carbocycles. The maximum atomic E-state index is 13.8. The molecule has 0 atom stereocenters. The van der Waals surface area contributed by atoms with Crippen LogP contribution in [0.3, 0.4) is 0 Å². The van der Waals surface area contributed by atoms with Crippen molar-refractivity contribution in [3.63, 3.8) is 0 Å². The smallest absolute Gasteiger partial charge is 0.274 e. The molecular weight excluding hydrogens is 381 g/mol. The minimum Gasteiger partial charge on any atom is -0.377 e. The number of benzene rings is 2. The van der Waals surface area contributed by atoms with Gasteiger partial charge in [0.2, 0.25) is 0 Å². The van der Waals surface area contributed by atoms with Gasteiger partial charge in [-0.15, -0.1) is 0 Å². The fourth-order valence-electron chi connectivity index (χ4n) is 3.56. The molecule has 0 aliphatic carbocycles. The highest BCUT2D eigenvalue weighted by Crippen LogP contribution is 2.25. The van der Waals surface area contributed by atoms with Crippen molar-refractivity contribution in [3.8, 4) is 11.4 Å². The molecular formula is C23H24FN5O. The number of hydrogen-bond acceptors (Lipinski definition) is 4. The third-order valence-corrected chi connectivity index (χ3v) is 5.14. The van der Waals surface area contributed by atoms with E-state index in [0.717, 1.165) is 12.0 Å². The summed E-state index contributed by atoms with van der Waals surface area (Å²) in [6.07, 6.45) is 0.922. The number of rotatable bonds is 6. The molecule has 0 aliphatic heterocycles. The molecule has 2 aromatic carbocycles. The summed E-state index contributed by atoms with van der Waals surface area (Å²) < 4.78 is 15.1. The summed E-state index contributed by atoms with van der Waals surface area (Å²) in [4.78, 5) is 21.5. The van der Waals surface area contributed by atoms with Crippen LogP contribution in [-0.2, 0) is 13.0 Å². The van der Waals surface area contributed by atoms with Gasteiger partial charge < -0.3 is 5.32 Å². The van der Waals surface area contributed by atoms with E-state index in [-0.39, 0.29) is 23.7 Å². The Morgan fingerprint density at radius 3 is 2.67 bits per heavy atom. The average Bonchev–Trinajstić information content (AvgIpc) is 3.17. The number of nitrogens with zero attached hydrogens (tertiary/aromatic N) is 3. The van der Waals surface area contributed by atoms with Crippen LogP contribution in [0.4, 0.5) is 10.1 Å². The lowest BCUT2D eigenvalue weighted by molar-refractivity contribution is 0.630. The van der Waals surface area contributed by atoms with E-state index in [2.05, 4.69) is 53.3 Å². The predicted molar refractivity (Wildman–Crippen MR) is 116 cm³/mol. The Kier molecular flexibility index (Phi) is 5.35. The third kappa shape index (κ3) is 3.83. The molecule has 2 aromatic heterocycles. The highest BCUT2D eigenvalue weighted by atomic mass is 19.1. The minimum absolute atomic E-state index is 0.220. The minimum atomic E-state index is -0.353. The van der Waals surface area contributed by atoms with Gasteiger partial charge in [-0.2, -0.15) is 9.50 Å². The number of anilines is 1. The van der Waals surface area contributed by atoms with Crippen LogP contribution < -0.4 is 10.9 Å². The Morgan fingerprint density at radius 1 is 1.13 bits per heavy atom. The number of aromatic nitrogens is 4. The molecule has 6 nitrogen and oxygen atoms in total. The van der Waals surface area contributed by atoms with Gasteiger partial charge in [0, 0.05) is 11.6 Å². The molecule has 2 heterocycles. The first-order valence-corrected chi connectivity index (χ1v) is 10.1. The van der Waals surface area contributed by atoms with Crippen LogP contribution in [-0.4, -0.2) is 19.6 Å². The summed E-state index contributed by atoms with van der Waals surface area (Å²) in [6.45, 7) is 6.70. The average molecular weight is 405 g/mol. The second-order valence-corrected chi connectivity index (χ2v) is 7.55. The van der Waals surface area contributed by atoms with E-state index in [1.54, 1.807) is 18.2 Å². The van der Waals surface area contributed by atoms with Gasteiger partial charge in [-0.3, -0.25) is 9.89 Å². The quantitative estimate of drug-likeness (QED) is 0.495. The molecule has 30 heavy (non-hydrogen) atoms. The molecule has 0 unspecified atom stereocenters. The summed E-state index contributed by atoms with van der Waals surface area (Å²) in [5, 5.41) is 6.01. The van der Waals surface area contributed by atoms with Gasteiger partial charge in [0.1, 0.15) is 5.82 Å². The molecule has 0 bridgehead atoms. The zero-order valence-electron chi connectivity index (χ0n) is 17.2. The molecule has 4 rings (SSSR count). The number of hydrogen-bond donors (Lipinski definition) is 2.